The van der Waals surface area contributed by atoms with Gasteiger partial charge in [-0.2, -0.15) is 0 Å². The van der Waals surface area contributed by atoms with Crippen molar-refractivity contribution in [2.75, 3.05) is 19.6 Å². The normalized spacial score (nSPS) is 16.7. The standard InChI is InChI=1S/C20H27ClN2O3S/c1-15-10-19(16(2)26-15)13-23-8-6-17(7-9-23)12-22-27(24,25)14-18-4-3-5-20(21)11-18/h3-5,10-11,17,22H,6-9,12-14H2,1-2H3. The smallest absolute Gasteiger partial charge is 0.215 e. The second kappa shape index (κ2) is 8.78. The van der Waals surface area contributed by atoms with Crippen molar-refractivity contribution in [2.24, 2.45) is 5.92 Å². The lowest BCUT2D eigenvalue weighted by Crippen LogP contribution is -2.38. The Bertz CT molecular complexity index is 871. The van der Waals surface area contributed by atoms with Crippen molar-refractivity contribution in [3.05, 3.63) is 58.0 Å². The zero-order valence-electron chi connectivity index (χ0n) is 15.9. The SMILES string of the molecule is Cc1cc(CN2CCC(CNS(=O)(=O)Cc3cccc(Cl)c3)CC2)c(C)o1. The molecule has 2 aromatic rings. The first-order valence-corrected chi connectivity index (χ1v) is 11.3. The van der Waals surface area contributed by atoms with Gasteiger partial charge >= 0.3 is 0 Å². The number of halogens is 1. The molecule has 3 rings (SSSR count). The molecule has 0 amide bonds. The molecule has 27 heavy (non-hydrogen) atoms. The van der Waals surface area contributed by atoms with Crippen LogP contribution in [0.4, 0.5) is 0 Å². The van der Waals surface area contributed by atoms with Crippen LogP contribution in [-0.2, 0) is 22.3 Å². The molecule has 1 aliphatic heterocycles. The minimum atomic E-state index is -3.35. The number of furan rings is 1. The Morgan fingerprint density at radius 2 is 1.96 bits per heavy atom. The summed E-state index contributed by atoms with van der Waals surface area (Å²) in [5.41, 5.74) is 1.95. The molecule has 0 bridgehead atoms. The zero-order valence-corrected chi connectivity index (χ0v) is 17.4. The van der Waals surface area contributed by atoms with Gasteiger partial charge in [-0.15, -0.1) is 0 Å². The van der Waals surface area contributed by atoms with Crippen LogP contribution in [0.2, 0.25) is 5.02 Å². The molecule has 0 aliphatic carbocycles. The molecule has 0 radical (unpaired) electrons. The number of hydrogen-bond donors (Lipinski definition) is 1. The van der Waals surface area contributed by atoms with Crippen LogP contribution >= 0.6 is 11.6 Å². The number of sulfonamides is 1. The van der Waals surface area contributed by atoms with E-state index in [-0.39, 0.29) is 5.75 Å². The highest BCUT2D eigenvalue weighted by molar-refractivity contribution is 7.88. The Labute approximate surface area is 166 Å². The van der Waals surface area contributed by atoms with Crippen molar-refractivity contribution in [3.63, 3.8) is 0 Å². The van der Waals surface area contributed by atoms with E-state index >= 15 is 0 Å². The minimum Gasteiger partial charge on any atom is -0.466 e. The number of aryl methyl sites for hydroxylation is 2. The molecule has 0 unspecified atom stereocenters. The zero-order chi connectivity index (χ0) is 19.4. The summed E-state index contributed by atoms with van der Waals surface area (Å²) in [7, 11) is -3.35. The molecule has 0 spiro atoms. The van der Waals surface area contributed by atoms with E-state index in [0.717, 1.165) is 44.0 Å². The molecule has 1 aromatic carbocycles. The lowest BCUT2D eigenvalue weighted by atomic mass is 9.97. The van der Waals surface area contributed by atoms with Crippen LogP contribution in [0.25, 0.3) is 0 Å². The van der Waals surface area contributed by atoms with E-state index in [9.17, 15) is 8.42 Å². The highest BCUT2D eigenvalue weighted by Crippen LogP contribution is 2.22. The van der Waals surface area contributed by atoms with Gasteiger partial charge < -0.3 is 4.42 Å². The predicted molar refractivity (Wildman–Crippen MR) is 108 cm³/mol. The van der Waals surface area contributed by atoms with Gasteiger partial charge in [0.15, 0.2) is 0 Å². The first-order valence-electron chi connectivity index (χ1n) is 9.31. The molecule has 148 valence electrons. The Kier molecular flexibility index (Phi) is 6.63. The first kappa shape index (κ1) is 20.4. The molecule has 1 saturated heterocycles. The predicted octanol–water partition coefficient (Wildman–Crippen LogP) is 3.88. The van der Waals surface area contributed by atoms with Crippen LogP contribution in [0.5, 0.6) is 0 Å². The van der Waals surface area contributed by atoms with Crippen LogP contribution in [0.15, 0.2) is 34.7 Å². The molecular weight excluding hydrogens is 384 g/mol. The summed E-state index contributed by atoms with van der Waals surface area (Å²) in [4.78, 5) is 2.41. The van der Waals surface area contributed by atoms with Crippen LogP contribution in [-0.4, -0.2) is 33.0 Å². The van der Waals surface area contributed by atoms with E-state index in [1.807, 2.05) is 13.8 Å². The van der Waals surface area contributed by atoms with Gasteiger partial charge in [-0.3, -0.25) is 4.90 Å². The Hall–Kier alpha value is -1.34. The molecular formula is C20H27ClN2O3S. The number of hydrogen-bond acceptors (Lipinski definition) is 4. The molecule has 1 aliphatic rings. The summed E-state index contributed by atoms with van der Waals surface area (Å²) < 4.78 is 33.0. The van der Waals surface area contributed by atoms with Gasteiger partial charge in [-0.1, -0.05) is 23.7 Å². The van der Waals surface area contributed by atoms with Crippen LogP contribution in [0.3, 0.4) is 0 Å². The maximum atomic E-state index is 12.3. The van der Waals surface area contributed by atoms with Crippen LogP contribution in [0, 0.1) is 19.8 Å². The average molecular weight is 411 g/mol. The summed E-state index contributed by atoms with van der Waals surface area (Å²) in [6, 6.07) is 9.09. The highest BCUT2D eigenvalue weighted by atomic mass is 35.5. The summed E-state index contributed by atoms with van der Waals surface area (Å²) in [6.07, 6.45) is 1.99. The average Bonchev–Trinajstić information content (AvgIpc) is 2.91. The molecule has 5 nitrogen and oxygen atoms in total. The largest absolute Gasteiger partial charge is 0.466 e. The minimum absolute atomic E-state index is 0.0362. The van der Waals surface area contributed by atoms with Crippen LogP contribution in [0.1, 0.15) is 35.5 Å². The monoisotopic (exact) mass is 410 g/mol. The number of likely N-dealkylation sites (tertiary alicyclic amines) is 1. The second-order valence-corrected chi connectivity index (χ2v) is 9.64. The van der Waals surface area contributed by atoms with E-state index in [1.54, 1.807) is 24.3 Å². The van der Waals surface area contributed by atoms with E-state index in [0.29, 0.717) is 23.0 Å². The van der Waals surface area contributed by atoms with Crippen molar-refractivity contribution in [1.82, 2.24) is 9.62 Å². The Morgan fingerprint density at radius 3 is 2.59 bits per heavy atom. The van der Waals surface area contributed by atoms with E-state index in [1.165, 1.54) is 5.56 Å². The lowest BCUT2D eigenvalue weighted by Gasteiger charge is -2.31. The number of nitrogens with zero attached hydrogens (tertiary/aromatic N) is 1. The van der Waals surface area contributed by atoms with Gasteiger partial charge in [0.25, 0.3) is 0 Å². The molecule has 7 heteroatoms. The number of piperidine rings is 1. The number of benzene rings is 1. The lowest BCUT2D eigenvalue weighted by molar-refractivity contribution is 0.178. The molecule has 2 heterocycles. The summed E-state index contributed by atoms with van der Waals surface area (Å²) >= 11 is 5.93. The first-order chi connectivity index (χ1) is 12.8. The fraction of sp³-hybridized carbons (Fsp3) is 0.500. The van der Waals surface area contributed by atoms with E-state index < -0.39 is 10.0 Å². The third kappa shape index (κ3) is 6.07. The summed E-state index contributed by atoms with van der Waals surface area (Å²) in [5.74, 6) is 2.28. The van der Waals surface area contributed by atoms with Crippen molar-refractivity contribution >= 4 is 21.6 Å². The van der Waals surface area contributed by atoms with Gasteiger partial charge in [-0.05, 0) is 69.5 Å². The molecule has 1 N–H and O–H groups in total. The van der Waals surface area contributed by atoms with Gasteiger partial charge in [0.05, 0.1) is 5.75 Å². The summed E-state index contributed by atoms with van der Waals surface area (Å²) in [5, 5.41) is 0.554. The Balaban J connectivity index is 1.44. The Morgan fingerprint density at radius 1 is 1.22 bits per heavy atom. The molecule has 0 atom stereocenters. The third-order valence-electron chi connectivity index (χ3n) is 5.08. The number of rotatable bonds is 7. The fourth-order valence-electron chi connectivity index (χ4n) is 3.57. The van der Waals surface area contributed by atoms with E-state index in [2.05, 4.69) is 15.7 Å². The molecule has 1 fully saturated rings. The van der Waals surface area contributed by atoms with Crippen LogP contribution < -0.4 is 4.72 Å². The van der Waals surface area contributed by atoms with Gasteiger partial charge in [-0.25, -0.2) is 13.1 Å². The molecule has 0 saturated carbocycles. The van der Waals surface area contributed by atoms with Crippen molar-refractivity contribution < 1.29 is 12.8 Å². The van der Waals surface area contributed by atoms with Gasteiger partial charge in [0, 0.05) is 23.7 Å². The van der Waals surface area contributed by atoms with Crippen molar-refractivity contribution in [1.29, 1.82) is 0 Å². The second-order valence-electron chi connectivity index (χ2n) is 7.40. The quantitative estimate of drug-likeness (QED) is 0.752. The van der Waals surface area contributed by atoms with Crippen molar-refractivity contribution in [2.45, 2.75) is 39.0 Å². The third-order valence-corrected chi connectivity index (χ3v) is 6.64. The topological polar surface area (TPSA) is 62.6 Å². The van der Waals surface area contributed by atoms with Gasteiger partial charge in [0.2, 0.25) is 10.0 Å². The fourth-order valence-corrected chi connectivity index (χ4v) is 5.00. The van der Waals surface area contributed by atoms with Crippen molar-refractivity contribution in [3.8, 4) is 0 Å². The van der Waals surface area contributed by atoms with E-state index in [4.69, 9.17) is 16.0 Å². The maximum absolute atomic E-state index is 12.3. The summed E-state index contributed by atoms with van der Waals surface area (Å²) in [6.45, 7) is 7.33. The maximum Gasteiger partial charge on any atom is 0.215 e. The number of nitrogens with one attached hydrogen (secondary N) is 1. The van der Waals surface area contributed by atoms with Gasteiger partial charge in [0.1, 0.15) is 11.5 Å². The highest BCUT2D eigenvalue weighted by Gasteiger charge is 2.22. The molecule has 1 aromatic heterocycles.